The van der Waals surface area contributed by atoms with Crippen molar-refractivity contribution in [2.24, 2.45) is 5.92 Å². The fourth-order valence-corrected chi connectivity index (χ4v) is 7.14. The molecule has 0 unspecified atom stereocenters. The van der Waals surface area contributed by atoms with Crippen LogP contribution in [0.15, 0.2) is 85.1 Å². The summed E-state index contributed by atoms with van der Waals surface area (Å²) in [5.41, 5.74) is 8.22. The molecule has 0 spiro atoms. The van der Waals surface area contributed by atoms with Crippen LogP contribution >= 0.6 is 0 Å². The van der Waals surface area contributed by atoms with Crippen molar-refractivity contribution in [2.75, 3.05) is 19.6 Å². The predicted octanol–water partition coefficient (Wildman–Crippen LogP) is 5.82. The molecule has 3 nitrogen and oxygen atoms in total. The van der Waals surface area contributed by atoms with Gasteiger partial charge < -0.3 is 10.0 Å². The summed E-state index contributed by atoms with van der Waals surface area (Å²) in [6, 6.07) is 28.5. The summed E-state index contributed by atoms with van der Waals surface area (Å²) in [6.45, 7) is 3.16. The molecule has 7 rings (SSSR count). The first kappa shape index (κ1) is 20.4. The molecule has 1 aliphatic heterocycles. The third kappa shape index (κ3) is 3.00. The summed E-state index contributed by atoms with van der Waals surface area (Å²) < 4.78 is 0. The summed E-state index contributed by atoms with van der Waals surface area (Å²) in [5.74, 6) is 0.836. The molecule has 1 N–H and O–H groups in total. The van der Waals surface area contributed by atoms with Gasteiger partial charge in [0.2, 0.25) is 0 Å². The third-order valence-electron chi connectivity index (χ3n) is 8.78. The number of hydrogen-bond donors (Lipinski definition) is 1. The number of hydrogen-bond acceptors (Lipinski definition) is 3. The first-order valence-corrected chi connectivity index (χ1v) is 12.7. The van der Waals surface area contributed by atoms with E-state index in [1.165, 1.54) is 17.5 Å². The lowest BCUT2D eigenvalue weighted by Gasteiger charge is -2.40. The van der Waals surface area contributed by atoms with Gasteiger partial charge in [-0.1, -0.05) is 66.7 Å². The molecular formula is C31H30N2O. The van der Waals surface area contributed by atoms with E-state index in [9.17, 15) is 5.11 Å². The van der Waals surface area contributed by atoms with E-state index in [1.54, 1.807) is 11.1 Å². The molecule has 3 aliphatic rings. The Morgan fingerprint density at radius 1 is 0.882 bits per heavy atom. The Labute approximate surface area is 201 Å². The molecule has 0 saturated carbocycles. The van der Waals surface area contributed by atoms with E-state index in [2.05, 4.69) is 70.5 Å². The van der Waals surface area contributed by atoms with Gasteiger partial charge in [0.25, 0.3) is 0 Å². The molecule has 170 valence electrons. The lowest BCUT2D eigenvalue weighted by Crippen LogP contribution is -2.44. The smallest absolute Gasteiger partial charge is 0.0834 e. The molecule has 1 atom stereocenters. The predicted molar refractivity (Wildman–Crippen MR) is 136 cm³/mol. The number of aliphatic hydroxyl groups is 1. The maximum Gasteiger partial charge on any atom is 0.0834 e. The lowest BCUT2D eigenvalue weighted by atomic mass is 9.74. The van der Waals surface area contributed by atoms with Crippen molar-refractivity contribution in [3.8, 4) is 0 Å². The van der Waals surface area contributed by atoms with E-state index in [1.807, 2.05) is 24.4 Å². The molecule has 2 bridgehead atoms. The van der Waals surface area contributed by atoms with Crippen LogP contribution in [-0.4, -0.2) is 34.6 Å². The van der Waals surface area contributed by atoms with Crippen molar-refractivity contribution in [3.05, 3.63) is 113 Å². The molecule has 0 amide bonds. The maximum atomic E-state index is 11.2. The Bertz CT molecular complexity index is 1320. The largest absolute Gasteiger partial charge is 0.388 e. The van der Waals surface area contributed by atoms with E-state index in [-0.39, 0.29) is 11.3 Å². The van der Waals surface area contributed by atoms with E-state index in [4.69, 9.17) is 0 Å². The standard InChI is InChI=1S/C31H30N2O/c34-30(23-17-22-7-1-6-12-29(22)32-19-23)21-13-15-33(16-14-21)20-31-18-26(24-8-2-4-10-27(24)31)25-9-3-5-11-28(25)31/h1-12,17,19,21,26,30,34H,13-16,18,20H2/t26?,30-,31?/m1/s1. The Hall–Kier alpha value is -3.01. The second kappa shape index (κ2) is 7.76. The van der Waals surface area contributed by atoms with Crippen molar-refractivity contribution in [1.29, 1.82) is 0 Å². The molecule has 3 aromatic carbocycles. The molecule has 1 aromatic heterocycles. The molecule has 2 aliphatic carbocycles. The Kier molecular flexibility index (Phi) is 4.65. The number of fused-ring (bicyclic) bond motifs is 9. The van der Waals surface area contributed by atoms with Crippen LogP contribution < -0.4 is 0 Å². The highest BCUT2D eigenvalue weighted by Gasteiger charge is 2.53. The van der Waals surface area contributed by atoms with Crippen molar-refractivity contribution >= 4 is 10.9 Å². The molecule has 2 heterocycles. The third-order valence-corrected chi connectivity index (χ3v) is 8.78. The fourth-order valence-electron chi connectivity index (χ4n) is 7.14. The van der Waals surface area contributed by atoms with Crippen LogP contribution in [0.4, 0.5) is 0 Å². The highest BCUT2D eigenvalue weighted by molar-refractivity contribution is 5.78. The Morgan fingerprint density at radius 2 is 1.53 bits per heavy atom. The Morgan fingerprint density at radius 3 is 2.26 bits per heavy atom. The van der Waals surface area contributed by atoms with Crippen LogP contribution in [0.25, 0.3) is 10.9 Å². The van der Waals surface area contributed by atoms with Gasteiger partial charge in [-0.25, -0.2) is 0 Å². The lowest BCUT2D eigenvalue weighted by molar-refractivity contribution is 0.0539. The first-order valence-electron chi connectivity index (χ1n) is 12.7. The van der Waals surface area contributed by atoms with Crippen LogP contribution in [0.5, 0.6) is 0 Å². The monoisotopic (exact) mass is 446 g/mol. The zero-order valence-electron chi connectivity index (χ0n) is 19.4. The van der Waals surface area contributed by atoms with E-state index in [0.717, 1.165) is 48.9 Å². The van der Waals surface area contributed by atoms with E-state index in [0.29, 0.717) is 5.92 Å². The van der Waals surface area contributed by atoms with Crippen LogP contribution in [-0.2, 0) is 5.41 Å². The second-order valence-electron chi connectivity index (χ2n) is 10.5. The molecule has 0 radical (unpaired) electrons. The molecular weight excluding hydrogens is 416 g/mol. The second-order valence-corrected chi connectivity index (χ2v) is 10.5. The summed E-state index contributed by atoms with van der Waals surface area (Å²) in [7, 11) is 0. The van der Waals surface area contributed by atoms with Gasteiger partial charge in [0.05, 0.1) is 11.6 Å². The van der Waals surface area contributed by atoms with Gasteiger partial charge in [0.15, 0.2) is 0 Å². The number of aromatic nitrogens is 1. The molecule has 4 aromatic rings. The number of pyridine rings is 1. The van der Waals surface area contributed by atoms with Gasteiger partial charge in [0, 0.05) is 29.5 Å². The number of para-hydroxylation sites is 1. The minimum Gasteiger partial charge on any atom is -0.388 e. The molecule has 1 fully saturated rings. The van der Waals surface area contributed by atoms with Gasteiger partial charge in [-0.15, -0.1) is 0 Å². The average Bonchev–Trinajstić information content (AvgIpc) is 3.41. The minimum absolute atomic E-state index is 0.117. The van der Waals surface area contributed by atoms with E-state index < -0.39 is 6.10 Å². The topological polar surface area (TPSA) is 36.4 Å². The maximum absolute atomic E-state index is 11.2. The number of likely N-dealkylation sites (tertiary alicyclic amines) is 1. The van der Waals surface area contributed by atoms with Crippen molar-refractivity contribution in [2.45, 2.75) is 36.7 Å². The number of piperidine rings is 1. The highest BCUT2D eigenvalue weighted by atomic mass is 16.3. The molecule has 1 saturated heterocycles. The van der Waals surface area contributed by atoms with Crippen LogP contribution in [0.2, 0.25) is 0 Å². The van der Waals surface area contributed by atoms with Gasteiger partial charge >= 0.3 is 0 Å². The Balaban J connectivity index is 1.10. The van der Waals surface area contributed by atoms with Crippen LogP contribution in [0.3, 0.4) is 0 Å². The van der Waals surface area contributed by atoms with Gasteiger partial charge in [-0.3, -0.25) is 4.98 Å². The van der Waals surface area contributed by atoms with Crippen molar-refractivity contribution in [1.82, 2.24) is 9.88 Å². The van der Waals surface area contributed by atoms with Gasteiger partial charge in [-0.05, 0) is 78.2 Å². The van der Waals surface area contributed by atoms with E-state index >= 15 is 0 Å². The highest BCUT2D eigenvalue weighted by Crippen LogP contribution is 2.60. The number of benzene rings is 3. The quantitative estimate of drug-likeness (QED) is 0.429. The fraction of sp³-hybridized carbons (Fsp3) is 0.323. The minimum atomic E-state index is -0.443. The number of nitrogens with zero attached hydrogens (tertiary/aromatic N) is 2. The van der Waals surface area contributed by atoms with Crippen molar-refractivity contribution in [3.63, 3.8) is 0 Å². The van der Waals surface area contributed by atoms with Gasteiger partial charge in [0.1, 0.15) is 0 Å². The number of aliphatic hydroxyl groups excluding tert-OH is 1. The van der Waals surface area contributed by atoms with Gasteiger partial charge in [-0.2, -0.15) is 0 Å². The summed E-state index contributed by atoms with van der Waals surface area (Å²) in [6.07, 6.45) is 4.68. The van der Waals surface area contributed by atoms with Crippen LogP contribution in [0.1, 0.15) is 59.1 Å². The molecule has 3 heteroatoms. The zero-order chi connectivity index (χ0) is 22.7. The average molecular weight is 447 g/mol. The van der Waals surface area contributed by atoms with Crippen LogP contribution in [0, 0.1) is 5.92 Å². The normalized spacial score (nSPS) is 24.8. The molecule has 34 heavy (non-hydrogen) atoms. The summed E-state index contributed by atoms with van der Waals surface area (Å²) >= 11 is 0. The summed E-state index contributed by atoms with van der Waals surface area (Å²) in [4.78, 5) is 7.23. The number of rotatable bonds is 4. The SMILES string of the molecule is O[C@@H](c1cnc2ccccc2c1)C1CCN(CC23CC(c4ccccc42)c2ccccc23)CC1. The zero-order valence-corrected chi connectivity index (χ0v) is 19.4. The first-order chi connectivity index (χ1) is 16.7. The van der Waals surface area contributed by atoms with Crippen molar-refractivity contribution < 1.29 is 5.11 Å². The summed E-state index contributed by atoms with van der Waals surface area (Å²) in [5, 5.41) is 12.3.